The molecular formula is C21H24Cl2O5. The van der Waals surface area contributed by atoms with Crippen molar-refractivity contribution < 1.29 is 23.7 Å². The van der Waals surface area contributed by atoms with Crippen LogP contribution in [0.2, 0.25) is 10.0 Å². The molecule has 0 bridgehead atoms. The van der Waals surface area contributed by atoms with Gasteiger partial charge in [-0.25, -0.2) is 0 Å². The standard InChI is InChI=1S/C21H24Cl2O5/c1-4-26-20(12-21(24)27-5-2)16-8-7-15(11-19(16)25-3)28-13-14-6-9-17(22)18(23)10-14/h6-11,20H,4-5,12-13H2,1-3H3/t20-/m0/s1. The lowest BCUT2D eigenvalue weighted by atomic mass is 10.0. The van der Waals surface area contributed by atoms with Gasteiger partial charge >= 0.3 is 5.97 Å². The zero-order valence-electron chi connectivity index (χ0n) is 16.2. The van der Waals surface area contributed by atoms with Gasteiger partial charge in [-0.3, -0.25) is 4.79 Å². The SMILES string of the molecule is CCOC(=O)C[C@H](OCC)c1ccc(OCc2ccc(Cl)c(Cl)c2)cc1OC. The molecule has 0 saturated carbocycles. The van der Waals surface area contributed by atoms with Gasteiger partial charge < -0.3 is 18.9 Å². The van der Waals surface area contributed by atoms with Crippen LogP contribution in [0.4, 0.5) is 0 Å². The second-order valence-corrected chi connectivity index (χ2v) is 6.71. The molecule has 0 heterocycles. The van der Waals surface area contributed by atoms with Crippen LogP contribution in [0.3, 0.4) is 0 Å². The minimum absolute atomic E-state index is 0.113. The molecule has 2 rings (SSSR count). The summed E-state index contributed by atoms with van der Waals surface area (Å²) in [4.78, 5) is 11.9. The Morgan fingerprint density at radius 3 is 2.46 bits per heavy atom. The Bertz CT molecular complexity index is 794. The number of rotatable bonds is 10. The Balaban J connectivity index is 2.14. The van der Waals surface area contributed by atoms with Crippen LogP contribution in [0.25, 0.3) is 0 Å². The Morgan fingerprint density at radius 1 is 1.04 bits per heavy atom. The smallest absolute Gasteiger partial charge is 0.308 e. The molecule has 28 heavy (non-hydrogen) atoms. The van der Waals surface area contributed by atoms with Crippen LogP contribution in [0.5, 0.6) is 11.5 Å². The first kappa shape index (κ1) is 22.3. The van der Waals surface area contributed by atoms with Gasteiger partial charge in [-0.15, -0.1) is 0 Å². The number of ether oxygens (including phenoxy) is 4. The highest BCUT2D eigenvalue weighted by Gasteiger charge is 2.21. The topological polar surface area (TPSA) is 54.0 Å². The van der Waals surface area contributed by atoms with E-state index in [0.29, 0.717) is 41.4 Å². The fourth-order valence-corrected chi connectivity index (χ4v) is 3.00. The molecule has 0 N–H and O–H groups in total. The summed E-state index contributed by atoms with van der Waals surface area (Å²) in [7, 11) is 1.56. The zero-order chi connectivity index (χ0) is 20.5. The van der Waals surface area contributed by atoms with E-state index in [-0.39, 0.29) is 12.4 Å². The van der Waals surface area contributed by atoms with Crippen molar-refractivity contribution in [2.75, 3.05) is 20.3 Å². The third-order valence-corrected chi connectivity index (χ3v) is 4.71. The van der Waals surface area contributed by atoms with Gasteiger partial charge in [-0.05, 0) is 43.7 Å². The second-order valence-electron chi connectivity index (χ2n) is 5.89. The van der Waals surface area contributed by atoms with Crippen LogP contribution < -0.4 is 9.47 Å². The van der Waals surface area contributed by atoms with Crippen molar-refractivity contribution in [1.29, 1.82) is 0 Å². The van der Waals surface area contributed by atoms with E-state index in [1.165, 1.54) is 0 Å². The lowest BCUT2D eigenvalue weighted by Crippen LogP contribution is -2.14. The molecular weight excluding hydrogens is 403 g/mol. The third kappa shape index (κ3) is 6.30. The quantitative estimate of drug-likeness (QED) is 0.461. The number of esters is 1. The predicted octanol–water partition coefficient (Wildman–Crippen LogP) is 5.61. The molecule has 0 aromatic heterocycles. The molecule has 5 nitrogen and oxygen atoms in total. The van der Waals surface area contributed by atoms with Crippen molar-refractivity contribution in [1.82, 2.24) is 0 Å². The Hall–Kier alpha value is -1.95. The summed E-state index contributed by atoms with van der Waals surface area (Å²) in [5.41, 5.74) is 1.66. The lowest BCUT2D eigenvalue weighted by Gasteiger charge is -2.20. The van der Waals surface area contributed by atoms with Crippen molar-refractivity contribution in [2.45, 2.75) is 33.0 Å². The first-order valence-corrected chi connectivity index (χ1v) is 9.75. The number of halogens is 2. The summed E-state index contributed by atoms with van der Waals surface area (Å²) in [6, 6.07) is 10.8. The highest BCUT2D eigenvalue weighted by molar-refractivity contribution is 6.42. The highest BCUT2D eigenvalue weighted by atomic mass is 35.5. The Morgan fingerprint density at radius 2 is 1.82 bits per heavy atom. The number of carbonyl (C=O) groups excluding carboxylic acids is 1. The summed E-state index contributed by atoms with van der Waals surface area (Å²) < 4.78 is 22.1. The highest BCUT2D eigenvalue weighted by Crippen LogP contribution is 2.34. The number of benzene rings is 2. The van der Waals surface area contributed by atoms with E-state index in [0.717, 1.165) is 11.1 Å². The molecule has 7 heteroatoms. The summed E-state index contributed by atoms with van der Waals surface area (Å²) in [5, 5.41) is 0.981. The molecule has 0 aliphatic carbocycles. The van der Waals surface area contributed by atoms with E-state index in [1.54, 1.807) is 32.2 Å². The minimum Gasteiger partial charge on any atom is -0.496 e. The molecule has 0 aliphatic rings. The van der Waals surface area contributed by atoms with E-state index < -0.39 is 6.10 Å². The van der Waals surface area contributed by atoms with Crippen LogP contribution in [0, 0.1) is 0 Å². The molecule has 0 spiro atoms. The van der Waals surface area contributed by atoms with Crippen LogP contribution >= 0.6 is 23.2 Å². The average molecular weight is 427 g/mol. The van der Waals surface area contributed by atoms with Crippen LogP contribution in [-0.4, -0.2) is 26.3 Å². The van der Waals surface area contributed by atoms with Gasteiger partial charge in [0.1, 0.15) is 18.1 Å². The molecule has 0 unspecified atom stereocenters. The molecule has 0 amide bonds. The molecule has 0 saturated heterocycles. The van der Waals surface area contributed by atoms with Crippen molar-refractivity contribution in [3.63, 3.8) is 0 Å². The fourth-order valence-electron chi connectivity index (χ4n) is 2.67. The third-order valence-electron chi connectivity index (χ3n) is 3.97. The summed E-state index contributed by atoms with van der Waals surface area (Å²) >= 11 is 12.0. The van der Waals surface area contributed by atoms with Gasteiger partial charge in [0.2, 0.25) is 0 Å². The molecule has 2 aromatic rings. The van der Waals surface area contributed by atoms with Crippen molar-refractivity contribution in [2.24, 2.45) is 0 Å². The number of carbonyl (C=O) groups is 1. The van der Waals surface area contributed by atoms with Gasteiger partial charge in [0.05, 0.1) is 36.3 Å². The zero-order valence-corrected chi connectivity index (χ0v) is 17.7. The maximum atomic E-state index is 11.9. The van der Waals surface area contributed by atoms with E-state index in [4.69, 9.17) is 42.1 Å². The molecule has 1 atom stereocenters. The first-order chi connectivity index (χ1) is 13.5. The molecule has 152 valence electrons. The van der Waals surface area contributed by atoms with Crippen LogP contribution in [0.15, 0.2) is 36.4 Å². The fraction of sp³-hybridized carbons (Fsp3) is 0.381. The average Bonchev–Trinajstić information content (AvgIpc) is 2.68. The van der Waals surface area contributed by atoms with Crippen LogP contribution in [-0.2, 0) is 20.9 Å². The Kier molecular flexibility index (Phi) is 8.90. The minimum atomic E-state index is -0.455. The Labute approximate surface area is 175 Å². The maximum absolute atomic E-state index is 11.9. The normalized spacial score (nSPS) is 11.8. The maximum Gasteiger partial charge on any atom is 0.308 e. The van der Waals surface area contributed by atoms with Gasteiger partial charge in [0.15, 0.2) is 0 Å². The summed E-state index contributed by atoms with van der Waals surface area (Å²) in [5.74, 6) is 0.885. The van der Waals surface area contributed by atoms with E-state index >= 15 is 0 Å². The van der Waals surface area contributed by atoms with E-state index in [2.05, 4.69) is 0 Å². The predicted molar refractivity (Wildman–Crippen MR) is 109 cm³/mol. The monoisotopic (exact) mass is 426 g/mol. The van der Waals surface area contributed by atoms with Gasteiger partial charge in [-0.1, -0.05) is 29.3 Å². The van der Waals surface area contributed by atoms with E-state index in [9.17, 15) is 4.79 Å². The van der Waals surface area contributed by atoms with Crippen molar-refractivity contribution in [3.8, 4) is 11.5 Å². The largest absolute Gasteiger partial charge is 0.496 e. The second kappa shape index (κ2) is 11.1. The number of hydrogen-bond acceptors (Lipinski definition) is 5. The van der Waals surface area contributed by atoms with Gasteiger partial charge in [0.25, 0.3) is 0 Å². The van der Waals surface area contributed by atoms with E-state index in [1.807, 2.05) is 25.1 Å². The molecule has 2 aromatic carbocycles. The number of hydrogen-bond donors (Lipinski definition) is 0. The molecule has 0 fully saturated rings. The van der Waals surface area contributed by atoms with Crippen LogP contribution in [0.1, 0.15) is 37.5 Å². The van der Waals surface area contributed by atoms with Gasteiger partial charge in [-0.2, -0.15) is 0 Å². The molecule has 0 radical (unpaired) electrons. The van der Waals surface area contributed by atoms with Crippen molar-refractivity contribution >= 4 is 29.2 Å². The molecule has 0 aliphatic heterocycles. The first-order valence-electron chi connectivity index (χ1n) is 9.00. The van der Waals surface area contributed by atoms with Crippen molar-refractivity contribution in [3.05, 3.63) is 57.6 Å². The summed E-state index contributed by atoms with van der Waals surface area (Å²) in [6.45, 7) is 4.77. The number of methoxy groups -OCH3 is 1. The summed E-state index contributed by atoms with van der Waals surface area (Å²) in [6.07, 6.45) is -0.343. The van der Waals surface area contributed by atoms with Gasteiger partial charge in [0, 0.05) is 18.2 Å². The lowest BCUT2D eigenvalue weighted by molar-refractivity contribution is -0.146.